The molecule has 1 N–H and O–H groups in total. The number of halogens is 1. The maximum absolute atomic E-state index is 12.6. The maximum atomic E-state index is 12.6. The molecule has 2 amide bonds. The molecule has 0 radical (unpaired) electrons. The predicted molar refractivity (Wildman–Crippen MR) is 100 cm³/mol. The fourth-order valence-electron chi connectivity index (χ4n) is 2.40. The molecule has 0 aliphatic heterocycles. The Morgan fingerprint density at radius 3 is 2.56 bits per heavy atom. The number of rotatable bonds is 5. The minimum Gasteiger partial charge on any atom is -0.338 e. The van der Waals surface area contributed by atoms with Crippen molar-refractivity contribution in [1.82, 2.24) is 4.90 Å². The van der Waals surface area contributed by atoms with Crippen LogP contribution in [0.5, 0.6) is 0 Å². The molecule has 0 saturated carbocycles. The Morgan fingerprint density at radius 1 is 1.32 bits per heavy atom. The average Bonchev–Trinajstić information content (AvgIpc) is 2.91. The van der Waals surface area contributed by atoms with Gasteiger partial charge in [-0.2, -0.15) is 5.26 Å². The quantitative estimate of drug-likeness (QED) is 0.845. The van der Waals surface area contributed by atoms with Crippen molar-refractivity contribution >= 4 is 39.8 Å². The number of nitrogens with one attached hydrogen (secondary N) is 1. The molecule has 0 atom stereocenters. The highest BCUT2D eigenvalue weighted by Crippen LogP contribution is 2.33. The van der Waals surface area contributed by atoms with Crippen LogP contribution in [0.2, 0.25) is 5.02 Å². The third kappa shape index (κ3) is 4.01. The first-order valence-corrected chi connectivity index (χ1v) is 9.02. The SMILES string of the molecule is CCN(CC)C(=O)c1sc(NC(=O)c2cccc(Cl)c2)c(C#N)c1C. The van der Waals surface area contributed by atoms with E-state index in [1.54, 1.807) is 36.1 Å². The number of anilines is 1. The summed E-state index contributed by atoms with van der Waals surface area (Å²) in [4.78, 5) is 27.2. The Labute approximate surface area is 155 Å². The van der Waals surface area contributed by atoms with Gasteiger partial charge in [-0.1, -0.05) is 17.7 Å². The number of amides is 2. The highest BCUT2D eigenvalue weighted by Gasteiger charge is 2.24. The largest absolute Gasteiger partial charge is 0.338 e. The van der Waals surface area contributed by atoms with Gasteiger partial charge in [0.15, 0.2) is 0 Å². The van der Waals surface area contributed by atoms with E-state index in [1.807, 2.05) is 13.8 Å². The molecule has 1 aromatic carbocycles. The second-order valence-electron chi connectivity index (χ2n) is 5.31. The van der Waals surface area contributed by atoms with Gasteiger partial charge in [0.2, 0.25) is 0 Å². The normalized spacial score (nSPS) is 10.2. The summed E-state index contributed by atoms with van der Waals surface area (Å²) in [6.45, 7) is 6.69. The smallest absolute Gasteiger partial charge is 0.264 e. The Kier molecular flexibility index (Phi) is 6.18. The zero-order valence-electron chi connectivity index (χ0n) is 14.2. The molecule has 5 nitrogen and oxygen atoms in total. The van der Waals surface area contributed by atoms with Crippen LogP contribution in [0.1, 0.15) is 45.0 Å². The highest BCUT2D eigenvalue weighted by atomic mass is 35.5. The van der Waals surface area contributed by atoms with E-state index in [0.717, 1.165) is 11.3 Å². The van der Waals surface area contributed by atoms with Gasteiger partial charge in [-0.15, -0.1) is 11.3 Å². The lowest BCUT2D eigenvalue weighted by atomic mass is 10.1. The molecule has 0 bridgehead atoms. The topological polar surface area (TPSA) is 73.2 Å². The third-order valence-electron chi connectivity index (χ3n) is 3.82. The van der Waals surface area contributed by atoms with E-state index in [4.69, 9.17) is 11.6 Å². The van der Waals surface area contributed by atoms with Crippen molar-refractivity contribution in [2.75, 3.05) is 18.4 Å². The molecule has 0 spiro atoms. The zero-order valence-corrected chi connectivity index (χ0v) is 15.8. The van der Waals surface area contributed by atoms with Gasteiger partial charge in [0.1, 0.15) is 11.1 Å². The second kappa shape index (κ2) is 8.15. The molecule has 2 aromatic rings. The van der Waals surface area contributed by atoms with Crippen molar-refractivity contribution in [3.05, 3.63) is 50.9 Å². The van der Waals surface area contributed by atoms with Gasteiger partial charge < -0.3 is 10.2 Å². The molecular weight excluding hydrogens is 358 g/mol. The molecule has 130 valence electrons. The van der Waals surface area contributed by atoms with Crippen molar-refractivity contribution in [2.45, 2.75) is 20.8 Å². The second-order valence-corrected chi connectivity index (χ2v) is 6.77. The standard InChI is InChI=1S/C18H18ClN3O2S/c1-4-22(5-2)18(24)15-11(3)14(10-20)17(25-15)21-16(23)12-7-6-8-13(19)9-12/h6-9H,4-5H2,1-3H3,(H,21,23). The molecular formula is C18H18ClN3O2S. The fourth-order valence-corrected chi connectivity index (χ4v) is 3.71. The van der Waals surface area contributed by atoms with E-state index in [9.17, 15) is 14.9 Å². The molecule has 1 aromatic heterocycles. The van der Waals surface area contributed by atoms with Crippen LogP contribution >= 0.6 is 22.9 Å². The summed E-state index contributed by atoms with van der Waals surface area (Å²) in [5, 5.41) is 13.0. The Bertz CT molecular complexity index is 850. The third-order valence-corrected chi connectivity index (χ3v) is 5.25. The fraction of sp³-hybridized carbons (Fsp3) is 0.278. The summed E-state index contributed by atoms with van der Waals surface area (Å²) < 4.78 is 0. The summed E-state index contributed by atoms with van der Waals surface area (Å²) in [5.74, 6) is -0.505. The van der Waals surface area contributed by atoms with Crippen LogP contribution in [0, 0.1) is 18.3 Å². The molecule has 2 rings (SSSR count). The predicted octanol–water partition coefficient (Wildman–Crippen LogP) is 4.32. The average molecular weight is 376 g/mol. The van der Waals surface area contributed by atoms with Crippen LogP contribution in [0.4, 0.5) is 5.00 Å². The van der Waals surface area contributed by atoms with Gasteiger partial charge >= 0.3 is 0 Å². The van der Waals surface area contributed by atoms with E-state index in [0.29, 0.717) is 44.7 Å². The van der Waals surface area contributed by atoms with Gasteiger partial charge in [0.05, 0.1) is 10.4 Å². The summed E-state index contributed by atoms with van der Waals surface area (Å²) in [5.41, 5.74) is 1.29. The van der Waals surface area contributed by atoms with Crippen LogP contribution in [0.25, 0.3) is 0 Å². The van der Waals surface area contributed by atoms with Crippen LogP contribution in [0.15, 0.2) is 24.3 Å². The molecule has 0 unspecified atom stereocenters. The lowest BCUT2D eigenvalue weighted by Gasteiger charge is -2.17. The number of carbonyl (C=O) groups is 2. The van der Waals surface area contributed by atoms with E-state index >= 15 is 0 Å². The summed E-state index contributed by atoms with van der Waals surface area (Å²) in [6.07, 6.45) is 0. The number of hydrogen-bond donors (Lipinski definition) is 1. The summed E-state index contributed by atoms with van der Waals surface area (Å²) >= 11 is 7.03. The minimum atomic E-state index is -0.373. The molecule has 0 aliphatic carbocycles. The van der Waals surface area contributed by atoms with Crippen molar-refractivity contribution in [3.63, 3.8) is 0 Å². The number of nitriles is 1. The molecule has 0 fully saturated rings. The van der Waals surface area contributed by atoms with E-state index in [-0.39, 0.29) is 11.8 Å². The number of benzene rings is 1. The highest BCUT2D eigenvalue weighted by molar-refractivity contribution is 7.18. The zero-order chi connectivity index (χ0) is 18.6. The van der Waals surface area contributed by atoms with Gasteiger partial charge in [0, 0.05) is 23.7 Å². The molecule has 7 heteroatoms. The van der Waals surface area contributed by atoms with Crippen LogP contribution in [-0.2, 0) is 0 Å². The van der Waals surface area contributed by atoms with E-state index in [1.165, 1.54) is 0 Å². The number of carbonyl (C=O) groups excluding carboxylic acids is 2. The first-order valence-electron chi connectivity index (χ1n) is 7.82. The number of thiophene rings is 1. The van der Waals surface area contributed by atoms with Crippen molar-refractivity contribution in [1.29, 1.82) is 5.26 Å². The number of hydrogen-bond acceptors (Lipinski definition) is 4. The Hall–Kier alpha value is -2.36. The van der Waals surface area contributed by atoms with Crippen LogP contribution in [-0.4, -0.2) is 29.8 Å². The van der Waals surface area contributed by atoms with Crippen molar-refractivity contribution in [3.8, 4) is 6.07 Å². The maximum Gasteiger partial charge on any atom is 0.264 e. The van der Waals surface area contributed by atoms with Gasteiger partial charge in [0.25, 0.3) is 11.8 Å². The lowest BCUT2D eigenvalue weighted by Crippen LogP contribution is -2.30. The minimum absolute atomic E-state index is 0.132. The number of nitrogens with zero attached hydrogens (tertiary/aromatic N) is 2. The van der Waals surface area contributed by atoms with Gasteiger partial charge in [-0.05, 0) is 44.5 Å². The van der Waals surface area contributed by atoms with Crippen LogP contribution < -0.4 is 5.32 Å². The molecule has 0 saturated heterocycles. The monoisotopic (exact) mass is 375 g/mol. The molecule has 0 aliphatic rings. The molecule has 25 heavy (non-hydrogen) atoms. The van der Waals surface area contributed by atoms with E-state index < -0.39 is 0 Å². The summed E-state index contributed by atoms with van der Waals surface area (Å²) in [6, 6.07) is 8.62. The lowest BCUT2D eigenvalue weighted by molar-refractivity contribution is 0.0777. The van der Waals surface area contributed by atoms with E-state index in [2.05, 4.69) is 11.4 Å². The van der Waals surface area contributed by atoms with Crippen molar-refractivity contribution < 1.29 is 9.59 Å². The Morgan fingerprint density at radius 2 is 2.00 bits per heavy atom. The van der Waals surface area contributed by atoms with Gasteiger partial charge in [-0.25, -0.2) is 0 Å². The first-order chi connectivity index (χ1) is 11.9. The first kappa shape index (κ1) is 19.0. The Balaban J connectivity index is 2.36. The summed E-state index contributed by atoms with van der Waals surface area (Å²) in [7, 11) is 0. The van der Waals surface area contributed by atoms with Gasteiger partial charge in [-0.3, -0.25) is 9.59 Å². The molecule has 1 heterocycles. The van der Waals surface area contributed by atoms with Crippen LogP contribution in [0.3, 0.4) is 0 Å². The van der Waals surface area contributed by atoms with Crippen molar-refractivity contribution in [2.24, 2.45) is 0 Å².